The van der Waals surface area contributed by atoms with Gasteiger partial charge in [0, 0.05) is 25.1 Å². The Morgan fingerprint density at radius 3 is 2.41 bits per heavy atom. The number of ether oxygens (including phenoxy) is 2. The highest BCUT2D eigenvalue weighted by molar-refractivity contribution is 6.37. The summed E-state index contributed by atoms with van der Waals surface area (Å²) in [7, 11) is 1.49. The van der Waals surface area contributed by atoms with Gasteiger partial charge in [0.1, 0.15) is 30.0 Å². The number of nitrogens with one attached hydrogen (secondary N) is 3. The van der Waals surface area contributed by atoms with E-state index in [9.17, 15) is 33.9 Å². The van der Waals surface area contributed by atoms with Gasteiger partial charge in [-0.2, -0.15) is 0 Å². The Labute approximate surface area is 343 Å². The van der Waals surface area contributed by atoms with Gasteiger partial charge >= 0.3 is 6.09 Å². The van der Waals surface area contributed by atoms with Gasteiger partial charge in [-0.05, 0) is 69.2 Å². The van der Waals surface area contributed by atoms with Crippen LogP contribution >= 0.6 is 0 Å². The largest absolute Gasteiger partial charge is 0.497 e. The number of nitrogens with two attached hydrogens (primary N) is 1. The fraction of sp³-hybridized carbons (Fsp3) is 0.524. The van der Waals surface area contributed by atoms with Crippen molar-refractivity contribution in [3.63, 3.8) is 0 Å². The molecule has 5 rings (SSSR count). The molecule has 1 saturated carbocycles. The number of hydrogen-bond acceptors (Lipinski definition) is 11. The zero-order valence-electron chi connectivity index (χ0n) is 33.9. The number of Topliss-reactive ketones (excluding diaryl/α,β-unsaturated/α-hetero) is 1. The standard InChI is InChI=1S/C42H56N8O9/c1-42(2,57)35-24-45-48-50(35)30-23-34(39(54)46-32(36(51)37(43)52)19-10-11-20-44-41(56)59-26-28-15-8-5-9-16-28)49(25-30)40(55)33(21-27-13-6-4-7-14-27)47-38(53)29-17-12-18-31(22-29)58-3/h5,8-9,12,15-18,22,24,27,30,32-34,57H,4,6-7,10-11,13-14,19-21,23,25-26H2,1-3H3,(H2,43,52)(H,44,56)(H,46,54)(H,47,53)/t30-,32?,33+,34-/m0/s1. The number of nitrogens with zero attached hydrogens (tertiary/aromatic N) is 4. The predicted molar refractivity (Wildman–Crippen MR) is 214 cm³/mol. The molecule has 1 aliphatic carbocycles. The van der Waals surface area contributed by atoms with Crippen molar-refractivity contribution in [3.8, 4) is 5.75 Å². The number of hydrogen-bond donors (Lipinski definition) is 5. The average molecular weight is 817 g/mol. The van der Waals surface area contributed by atoms with Gasteiger partial charge in [0.25, 0.3) is 11.8 Å². The van der Waals surface area contributed by atoms with Crippen molar-refractivity contribution >= 4 is 35.5 Å². The van der Waals surface area contributed by atoms with Crippen LogP contribution in [-0.4, -0.2) is 98.8 Å². The van der Waals surface area contributed by atoms with Crippen LogP contribution in [-0.2, 0) is 36.1 Å². The van der Waals surface area contributed by atoms with E-state index in [0.717, 1.165) is 37.7 Å². The molecule has 2 fully saturated rings. The molecule has 1 aliphatic heterocycles. The molecule has 2 aliphatic rings. The molecule has 2 heterocycles. The molecule has 0 spiro atoms. The minimum atomic E-state index is -1.36. The Morgan fingerprint density at radius 2 is 1.71 bits per heavy atom. The second-order valence-corrected chi connectivity index (χ2v) is 15.8. The highest BCUT2D eigenvalue weighted by Crippen LogP contribution is 2.33. The van der Waals surface area contributed by atoms with Crippen LogP contribution in [0.1, 0.15) is 106 Å². The van der Waals surface area contributed by atoms with Crippen LogP contribution in [0.25, 0.3) is 0 Å². The molecule has 17 heteroatoms. The van der Waals surface area contributed by atoms with Crippen LogP contribution < -0.4 is 26.4 Å². The quantitative estimate of drug-likeness (QED) is 0.0871. The second-order valence-electron chi connectivity index (χ2n) is 15.8. The van der Waals surface area contributed by atoms with E-state index in [4.69, 9.17) is 15.2 Å². The minimum absolute atomic E-state index is 0.0190. The number of likely N-dealkylation sites (tertiary alicyclic amines) is 1. The number of carbonyl (C=O) groups excluding carboxylic acids is 6. The first-order chi connectivity index (χ1) is 28.2. The number of carbonyl (C=O) groups is 6. The number of alkyl carbamates (subject to hydrolysis) is 1. The molecule has 3 aromatic rings. The lowest BCUT2D eigenvalue weighted by Gasteiger charge is -2.32. The zero-order chi connectivity index (χ0) is 42.5. The first-order valence-electron chi connectivity index (χ1n) is 20.2. The summed E-state index contributed by atoms with van der Waals surface area (Å²) in [5.41, 5.74) is 5.53. The smallest absolute Gasteiger partial charge is 0.407 e. The van der Waals surface area contributed by atoms with Crippen LogP contribution in [0.4, 0.5) is 4.79 Å². The van der Waals surface area contributed by atoms with Crippen molar-refractivity contribution in [2.75, 3.05) is 20.2 Å². The SMILES string of the molecule is COc1cccc(C(=O)N[C@H](CC2CCCCC2)C(=O)N2C[C@@H](n3nncc3C(C)(C)O)C[C@H]2C(=O)NC(CCCCNC(=O)OCc2ccccc2)C(=O)C(N)=O)c1. The number of benzene rings is 2. The van der Waals surface area contributed by atoms with E-state index in [1.54, 1.807) is 38.1 Å². The highest BCUT2D eigenvalue weighted by atomic mass is 16.5. The van der Waals surface area contributed by atoms with Gasteiger partial charge in [0.2, 0.25) is 17.6 Å². The number of aliphatic hydroxyl groups is 1. The molecule has 318 valence electrons. The third-order valence-electron chi connectivity index (χ3n) is 10.9. The molecular weight excluding hydrogens is 761 g/mol. The Kier molecular flexibility index (Phi) is 15.6. The summed E-state index contributed by atoms with van der Waals surface area (Å²) in [6.45, 7) is 3.42. The monoisotopic (exact) mass is 816 g/mol. The number of ketones is 1. The van der Waals surface area contributed by atoms with Crippen molar-refractivity contribution in [2.45, 2.75) is 114 Å². The predicted octanol–water partition coefficient (Wildman–Crippen LogP) is 3.06. The third kappa shape index (κ3) is 12.3. The zero-order valence-corrected chi connectivity index (χ0v) is 33.9. The van der Waals surface area contributed by atoms with Gasteiger partial charge in [-0.15, -0.1) is 5.10 Å². The number of methoxy groups -OCH3 is 1. The highest BCUT2D eigenvalue weighted by Gasteiger charge is 2.45. The van der Waals surface area contributed by atoms with Crippen LogP contribution in [0.2, 0.25) is 0 Å². The molecule has 59 heavy (non-hydrogen) atoms. The molecule has 5 amide bonds. The summed E-state index contributed by atoms with van der Waals surface area (Å²) in [5, 5.41) is 27.4. The minimum Gasteiger partial charge on any atom is -0.497 e. The maximum Gasteiger partial charge on any atom is 0.407 e. The van der Waals surface area contributed by atoms with Gasteiger partial charge < -0.3 is 41.2 Å². The molecule has 17 nitrogen and oxygen atoms in total. The van der Waals surface area contributed by atoms with Crippen LogP contribution in [0.3, 0.4) is 0 Å². The summed E-state index contributed by atoms with van der Waals surface area (Å²) >= 11 is 0. The van der Waals surface area contributed by atoms with Crippen molar-refractivity contribution in [2.24, 2.45) is 11.7 Å². The first kappa shape index (κ1) is 44.3. The van der Waals surface area contributed by atoms with E-state index >= 15 is 0 Å². The van der Waals surface area contributed by atoms with Crippen molar-refractivity contribution in [1.82, 2.24) is 35.8 Å². The van der Waals surface area contributed by atoms with E-state index in [2.05, 4.69) is 26.3 Å². The van der Waals surface area contributed by atoms with Gasteiger partial charge in [0.15, 0.2) is 0 Å². The van der Waals surface area contributed by atoms with E-state index in [0.29, 0.717) is 36.3 Å². The fourth-order valence-electron chi connectivity index (χ4n) is 7.76. The van der Waals surface area contributed by atoms with E-state index < -0.39 is 65.3 Å². The summed E-state index contributed by atoms with van der Waals surface area (Å²) < 4.78 is 12.0. The molecule has 1 aromatic heterocycles. The summed E-state index contributed by atoms with van der Waals surface area (Å²) in [4.78, 5) is 81.6. The molecule has 1 saturated heterocycles. The first-order valence-corrected chi connectivity index (χ1v) is 20.2. The Balaban J connectivity index is 1.33. The van der Waals surface area contributed by atoms with Crippen molar-refractivity contribution in [1.29, 1.82) is 0 Å². The van der Waals surface area contributed by atoms with Crippen LogP contribution in [0, 0.1) is 5.92 Å². The van der Waals surface area contributed by atoms with Crippen LogP contribution in [0.15, 0.2) is 60.8 Å². The maximum absolute atomic E-state index is 14.8. The summed E-state index contributed by atoms with van der Waals surface area (Å²) in [5.74, 6) is -3.31. The Morgan fingerprint density at radius 1 is 0.966 bits per heavy atom. The maximum atomic E-state index is 14.8. The van der Waals surface area contributed by atoms with E-state index in [1.807, 2.05) is 30.3 Å². The topological polar surface area (TPSA) is 237 Å². The van der Waals surface area contributed by atoms with Gasteiger partial charge in [-0.1, -0.05) is 73.7 Å². The molecule has 1 unspecified atom stereocenters. The molecule has 6 N–H and O–H groups in total. The molecule has 0 radical (unpaired) electrons. The average Bonchev–Trinajstić information content (AvgIpc) is 3.91. The van der Waals surface area contributed by atoms with Gasteiger partial charge in [-0.25, -0.2) is 9.48 Å². The number of primary amides is 1. The number of aromatic nitrogens is 3. The van der Waals surface area contributed by atoms with Gasteiger partial charge in [0.05, 0.1) is 31.1 Å². The molecule has 4 atom stereocenters. The van der Waals surface area contributed by atoms with Crippen LogP contribution in [0.5, 0.6) is 5.75 Å². The third-order valence-corrected chi connectivity index (χ3v) is 10.9. The van der Waals surface area contributed by atoms with Gasteiger partial charge in [-0.3, -0.25) is 24.0 Å². The lowest BCUT2D eigenvalue weighted by atomic mass is 9.84. The number of unbranched alkanes of at least 4 members (excludes halogenated alkanes) is 1. The number of rotatable bonds is 19. The molecular formula is C42H56N8O9. The van der Waals surface area contributed by atoms with Crippen molar-refractivity contribution in [3.05, 3.63) is 77.6 Å². The summed E-state index contributed by atoms with van der Waals surface area (Å²) in [6, 6.07) is 11.7. The normalized spacial score (nSPS) is 18.0. The van der Waals surface area contributed by atoms with E-state index in [-0.39, 0.29) is 38.5 Å². The van der Waals surface area contributed by atoms with E-state index in [1.165, 1.54) is 22.9 Å². The van der Waals surface area contributed by atoms with Crippen molar-refractivity contribution < 1.29 is 43.3 Å². The lowest BCUT2D eigenvalue weighted by molar-refractivity contribution is -0.142. The Bertz CT molecular complexity index is 1930. The summed E-state index contributed by atoms with van der Waals surface area (Å²) in [6.07, 6.45) is 6.76. The number of amides is 5. The Hall–Kier alpha value is -5.84. The second kappa shape index (κ2) is 20.7. The lowest BCUT2D eigenvalue weighted by Crippen LogP contribution is -2.56. The molecule has 2 aromatic carbocycles. The fourth-order valence-corrected chi connectivity index (χ4v) is 7.76. The molecule has 0 bridgehead atoms.